The Morgan fingerprint density at radius 3 is 2.83 bits per heavy atom. The predicted octanol–water partition coefficient (Wildman–Crippen LogP) is 4.94. The zero-order chi connectivity index (χ0) is 21.5. The van der Waals surface area contributed by atoms with Crippen molar-refractivity contribution < 1.29 is 23.1 Å². The van der Waals surface area contributed by atoms with E-state index in [-0.39, 0.29) is 16.5 Å². The SMILES string of the molecule is CCO/C=C\c1c(NCc2ccco2)nc(-c2ccc(Cl)c(F)c2)nc1C(=O)OC. The Morgan fingerprint density at radius 1 is 1.33 bits per heavy atom. The molecule has 9 heteroatoms. The van der Waals surface area contributed by atoms with Crippen LogP contribution >= 0.6 is 11.6 Å². The Hall–Kier alpha value is -3.39. The van der Waals surface area contributed by atoms with E-state index in [0.29, 0.717) is 35.9 Å². The molecular formula is C21H19ClFN3O4. The summed E-state index contributed by atoms with van der Waals surface area (Å²) in [5, 5.41) is 3.09. The monoisotopic (exact) mass is 431 g/mol. The molecule has 7 nitrogen and oxygen atoms in total. The molecule has 156 valence electrons. The lowest BCUT2D eigenvalue weighted by molar-refractivity contribution is 0.0593. The first-order valence-corrected chi connectivity index (χ1v) is 9.41. The second-order valence-corrected chi connectivity index (χ2v) is 6.38. The molecule has 2 heterocycles. The Bertz CT molecular complexity index is 1050. The molecule has 2 aromatic heterocycles. The van der Waals surface area contributed by atoms with Gasteiger partial charge in [0.1, 0.15) is 17.4 Å². The third kappa shape index (κ3) is 4.96. The number of methoxy groups -OCH3 is 1. The van der Waals surface area contributed by atoms with Crippen molar-refractivity contribution in [1.82, 2.24) is 9.97 Å². The number of hydrogen-bond donors (Lipinski definition) is 1. The summed E-state index contributed by atoms with van der Waals surface area (Å²) in [5.41, 5.74) is 0.708. The van der Waals surface area contributed by atoms with Gasteiger partial charge in [-0.1, -0.05) is 11.6 Å². The van der Waals surface area contributed by atoms with Gasteiger partial charge in [-0.25, -0.2) is 19.2 Å². The van der Waals surface area contributed by atoms with Gasteiger partial charge >= 0.3 is 5.97 Å². The number of anilines is 1. The van der Waals surface area contributed by atoms with Crippen molar-refractivity contribution in [2.45, 2.75) is 13.5 Å². The zero-order valence-electron chi connectivity index (χ0n) is 16.3. The van der Waals surface area contributed by atoms with Crippen molar-refractivity contribution in [3.8, 4) is 11.4 Å². The van der Waals surface area contributed by atoms with Gasteiger partial charge in [0.05, 0.1) is 43.4 Å². The molecule has 30 heavy (non-hydrogen) atoms. The highest BCUT2D eigenvalue weighted by molar-refractivity contribution is 6.30. The van der Waals surface area contributed by atoms with E-state index in [1.807, 2.05) is 6.92 Å². The Labute approximate surface area is 177 Å². The minimum atomic E-state index is -0.676. The minimum Gasteiger partial charge on any atom is -0.501 e. The van der Waals surface area contributed by atoms with E-state index < -0.39 is 11.8 Å². The first-order valence-electron chi connectivity index (χ1n) is 9.03. The summed E-state index contributed by atoms with van der Waals surface area (Å²) in [6.07, 6.45) is 4.55. The highest BCUT2D eigenvalue weighted by atomic mass is 35.5. The molecule has 1 aromatic carbocycles. The van der Waals surface area contributed by atoms with Gasteiger partial charge in [0, 0.05) is 5.56 Å². The van der Waals surface area contributed by atoms with Gasteiger partial charge in [0.2, 0.25) is 0 Å². The van der Waals surface area contributed by atoms with E-state index in [4.69, 9.17) is 25.5 Å². The number of halogens is 2. The normalized spacial score (nSPS) is 10.9. The van der Waals surface area contributed by atoms with Crippen molar-refractivity contribution >= 4 is 29.5 Å². The minimum absolute atomic E-state index is 0.00393. The molecule has 3 aromatic rings. The first kappa shape index (κ1) is 21.3. The Balaban J connectivity index is 2.12. The van der Waals surface area contributed by atoms with Gasteiger partial charge in [-0.15, -0.1) is 0 Å². The van der Waals surface area contributed by atoms with Crippen molar-refractivity contribution in [1.29, 1.82) is 0 Å². The number of nitrogens with zero attached hydrogens (tertiary/aromatic N) is 2. The highest BCUT2D eigenvalue weighted by Gasteiger charge is 2.21. The number of benzene rings is 1. The molecule has 0 saturated carbocycles. The molecule has 0 saturated heterocycles. The molecule has 3 rings (SSSR count). The van der Waals surface area contributed by atoms with Crippen LogP contribution in [-0.2, 0) is 16.0 Å². The third-order valence-corrected chi connectivity index (χ3v) is 4.32. The first-order chi connectivity index (χ1) is 14.5. The maximum Gasteiger partial charge on any atom is 0.357 e. The standard InChI is InChI=1S/C21H19ClFN3O4/c1-3-29-10-8-15-18(21(27)28-2)25-19(13-6-7-16(22)17(23)11-13)26-20(15)24-12-14-5-4-9-30-14/h4-11H,3,12H2,1-2H3,(H,24,25,26)/b10-8-. The average Bonchev–Trinajstić information content (AvgIpc) is 3.27. The molecule has 0 atom stereocenters. The lowest BCUT2D eigenvalue weighted by Gasteiger charge is -2.13. The third-order valence-electron chi connectivity index (χ3n) is 4.01. The summed E-state index contributed by atoms with van der Waals surface area (Å²) in [5.74, 6) is -0.190. The van der Waals surface area contributed by atoms with Gasteiger partial charge in [0.15, 0.2) is 11.5 Å². The number of hydrogen-bond acceptors (Lipinski definition) is 7. The number of aromatic nitrogens is 2. The van der Waals surface area contributed by atoms with Crippen LogP contribution in [0.25, 0.3) is 17.5 Å². The number of rotatable bonds is 8. The van der Waals surface area contributed by atoms with E-state index in [0.717, 1.165) is 0 Å². The van der Waals surface area contributed by atoms with Crippen LogP contribution < -0.4 is 5.32 Å². The summed E-state index contributed by atoms with van der Waals surface area (Å²) >= 11 is 5.77. The van der Waals surface area contributed by atoms with E-state index >= 15 is 0 Å². The smallest absolute Gasteiger partial charge is 0.357 e. The number of furan rings is 1. The molecule has 0 amide bonds. The van der Waals surface area contributed by atoms with E-state index in [1.165, 1.54) is 25.5 Å². The molecule has 0 aliphatic carbocycles. The van der Waals surface area contributed by atoms with Crippen LogP contribution in [0.3, 0.4) is 0 Å². The average molecular weight is 432 g/mol. The molecule has 0 spiro atoms. The van der Waals surface area contributed by atoms with Crippen molar-refractivity contribution in [2.75, 3.05) is 19.0 Å². The second-order valence-electron chi connectivity index (χ2n) is 5.97. The highest BCUT2D eigenvalue weighted by Crippen LogP contribution is 2.27. The van der Waals surface area contributed by atoms with Crippen LogP contribution in [0.4, 0.5) is 10.2 Å². The van der Waals surface area contributed by atoms with E-state index in [1.54, 1.807) is 30.5 Å². The van der Waals surface area contributed by atoms with Crippen molar-refractivity contribution in [3.63, 3.8) is 0 Å². The van der Waals surface area contributed by atoms with E-state index in [9.17, 15) is 9.18 Å². The van der Waals surface area contributed by atoms with Crippen LogP contribution in [0.2, 0.25) is 5.02 Å². The fourth-order valence-electron chi connectivity index (χ4n) is 2.58. The maximum absolute atomic E-state index is 14.0. The largest absolute Gasteiger partial charge is 0.501 e. The molecular weight excluding hydrogens is 413 g/mol. The number of esters is 1. The summed E-state index contributed by atoms with van der Waals surface area (Å²) < 4.78 is 29.4. The second kappa shape index (κ2) is 9.89. The molecule has 0 fully saturated rings. The summed E-state index contributed by atoms with van der Waals surface area (Å²) in [4.78, 5) is 21.2. The van der Waals surface area contributed by atoms with Crippen LogP contribution in [-0.4, -0.2) is 29.7 Å². The van der Waals surface area contributed by atoms with E-state index in [2.05, 4.69) is 15.3 Å². The molecule has 0 aliphatic rings. The molecule has 0 aliphatic heterocycles. The summed E-state index contributed by atoms with van der Waals surface area (Å²) in [7, 11) is 1.25. The van der Waals surface area contributed by atoms with Gasteiger partial charge in [-0.2, -0.15) is 0 Å². The Morgan fingerprint density at radius 2 is 2.17 bits per heavy atom. The topological polar surface area (TPSA) is 86.5 Å². The van der Waals surface area contributed by atoms with Gasteiger partial charge < -0.3 is 19.2 Å². The lowest BCUT2D eigenvalue weighted by atomic mass is 10.1. The number of ether oxygens (including phenoxy) is 2. The van der Waals surface area contributed by atoms with Gasteiger partial charge in [-0.05, 0) is 43.3 Å². The van der Waals surface area contributed by atoms with Gasteiger partial charge in [0.25, 0.3) is 0 Å². The number of carbonyl (C=O) groups is 1. The molecule has 0 bridgehead atoms. The Kier molecular flexibility index (Phi) is 7.03. The van der Waals surface area contributed by atoms with Crippen molar-refractivity contribution in [2.24, 2.45) is 0 Å². The maximum atomic E-state index is 14.0. The lowest BCUT2D eigenvalue weighted by Crippen LogP contribution is -2.13. The fraction of sp³-hybridized carbons (Fsp3) is 0.190. The molecule has 0 unspecified atom stereocenters. The van der Waals surface area contributed by atoms with Crippen LogP contribution in [0.15, 0.2) is 47.3 Å². The van der Waals surface area contributed by atoms with Gasteiger partial charge in [-0.3, -0.25) is 0 Å². The predicted molar refractivity (Wildman–Crippen MR) is 110 cm³/mol. The molecule has 1 N–H and O–H groups in total. The number of carbonyl (C=O) groups excluding carboxylic acids is 1. The quantitative estimate of drug-likeness (QED) is 0.399. The summed E-state index contributed by atoms with van der Waals surface area (Å²) in [6.45, 7) is 2.58. The zero-order valence-corrected chi connectivity index (χ0v) is 17.1. The summed E-state index contributed by atoms with van der Waals surface area (Å²) in [6, 6.07) is 7.71. The van der Waals surface area contributed by atoms with Crippen molar-refractivity contribution in [3.05, 3.63) is 70.7 Å². The van der Waals surface area contributed by atoms with Crippen LogP contribution in [0.1, 0.15) is 28.7 Å². The fourth-order valence-corrected chi connectivity index (χ4v) is 2.69. The molecule has 0 radical (unpaired) electrons. The van der Waals surface area contributed by atoms with Crippen LogP contribution in [0.5, 0.6) is 0 Å². The van der Waals surface area contributed by atoms with Crippen LogP contribution in [0, 0.1) is 5.82 Å². The number of nitrogens with one attached hydrogen (secondary N) is 1.